The highest BCUT2D eigenvalue weighted by molar-refractivity contribution is 6.36. The quantitative estimate of drug-likeness (QED) is 0.713. The van der Waals surface area contributed by atoms with Gasteiger partial charge in [0.2, 0.25) is 0 Å². The maximum atomic E-state index is 6.18. The molecule has 1 saturated heterocycles. The lowest BCUT2D eigenvalue weighted by atomic mass is 9.91. The van der Waals surface area contributed by atoms with Gasteiger partial charge in [-0.3, -0.25) is 0 Å². The Morgan fingerprint density at radius 3 is 2.56 bits per heavy atom. The summed E-state index contributed by atoms with van der Waals surface area (Å²) in [5.41, 5.74) is 0.885. The Labute approximate surface area is 111 Å². The molecule has 2 atom stereocenters. The molecule has 0 aliphatic carbocycles. The molecule has 2 rings (SSSR count). The molecule has 0 aromatic heterocycles. The minimum Gasteiger partial charge on any atom is -0.373 e. The summed E-state index contributed by atoms with van der Waals surface area (Å²) in [5, 5.41) is 1.32. The van der Waals surface area contributed by atoms with Crippen molar-refractivity contribution in [1.29, 1.82) is 0 Å². The van der Waals surface area contributed by atoms with Crippen molar-refractivity contribution in [3.05, 3.63) is 33.8 Å². The fourth-order valence-corrected chi connectivity index (χ4v) is 3.03. The van der Waals surface area contributed by atoms with E-state index in [1.165, 1.54) is 0 Å². The van der Waals surface area contributed by atoms with Crippen LogP contribution in [0.4, 0.5) is 0 Å². The zero-order valence-corrected chi connectivity index (χ0v) is 11.0. The van der Waals surface area contributed by atoms with Crippen LogP contribution in [0.2, 0.25) is 10.0 Å². The van der Waals surface area contributed by atoms with Crippen LogP contribution in [-0.2, 0) is 4.74 Å². The minimum absolute atomic E-state index is 0.0625. The van der Waals surface area contributed by atoms with Gasteiger partial charge in [-0.1, -0.05) is 29.3 Å². The summed E-state index contributed by atoms with van der Waals surface area (Å²) in [6.45, 7) is 0.750. The second-order valence-corrected chi connectivity index (χ2v) is 5.11. The second kappa shape index (κ2) is 5.59. The lowest BCUT2D eigenvalue weighted by Gasteiger charge is -2.31. The molecule has 0 bridgehead atoms. The molecule has 1 nitrogen and oxygen atoms in total. The molecule has 1 aliphatic rings. The molecule has 2 unspecified atom stereocenters. The molecule has 0 amide bonds. The first-order valence-electron chi connectivity index (χ1n) is 5.35. The average molecular weight is 280 g/mol. The van der Waals surface area contributed by atoms with E-state index in [9.17, 15) is 0 Å². The third kappa shape index (κ3) is 2.48. The van der Waals surface area contributed by atoms with Crippen molar-refractivity contribution < 1.29 is 4.74 Å². The summed E-state index contributed by atoms with van der Waals surface area (Å²) >= 11 is 18.3. The first-order valence-corrected chi connectivity index (χ1v) is 6.64. The molecule has 4 heteroatoms. The molecular formula is C12H13Cl3O. The van der Waals surface area contributed by atoms with E-state index in [0.717, 1.165) is 25.0 Å². The van der Waals surface area contributed by atoms with E-state index < -0.39 is 0 Å². The number of hydrogen-bond acceptors (Lipinski definition) is 1. The Kier molecular flexibility index (Phi) is 4.37. The monoisotopic (exact) mass is 278 g/mol. The summed E-state index contributed by atoms with van der Waals surface area (Å²) in [7, 11) is 0. The van der Waals surface area contributed by atoms with Crippen LogP contribution in [0.3, 0.4) is 0 Å². The lowest BCUT2D eigenvalue weighted by Crippen LogP contribution is -2.24. The van der Waals surface area contributed by atoms with Crippen LogP contribution in [0.1, 0.15) is 24.5 Å². The van der Waals surface area contributed by atoms with E-state index in [4.69, 9.17) is 39.5 Å². The van der Waals surface area contributed by atoms with Crippen molar-refractivity contribution in [1.82, 2.24) is 0 Å². The van der Waals surface area contributed by atoms with E-state index in [1.54, 1.807) is 0 Å². The average Bonchev–Trinajstić information content (AvgIpc) is 2.29. The standard InChI is InChI=1S/C12H13Cl3O/c13-7-8-3-2-6-16-12(8)11-9(14)4-1-5-10(11)15/h1,4-5,8,12H,2-3,6-7H2. The Hall–Kier alpha value is 0.0500. The third-order valence-corrected chi connectivity index (χ3v) is 3.98. The summed E-state index contributed by atoms with van der Waals surface area (Å²) < 4.78 is 5.78. The highest BCUT2D eigenvalue weighted by Gasteiger charge is 2.29. The van der Waals surface area contributed by atoms with Crippen molar-refractivity contribution in [3.8, 4) is 0 Å². The molecular weight excluding hydrogens is 266 g/mol. The van der Waals surface area contributed by atoms with E-state index in [2.05, 4.69) is 0 Å². The smallest absolute Gasteiger partial charge is 0.0893 e. The molecule has 1 aromatic carbocycles. The molecule has 16 heavy (non-hydrogen) atoms. The molecule has 88 valence electrons. The topological polar surface area (TPSA) is 9.23 Å². The molecule has 1 heterocycles. The molecule has 0 spiro atoms. The zero-order valence-electron chi connectivity index (χ0n) is 8.76. The molecule has 0 N–H and O–H groups in total. The van der Waals surface area contributed by atoms with Crippen LogP contribution < -0.4 is 0 Å². The van der Waals surface area contributed by atoms with Crippen LogP contribution >= 0.6 is 34.8 Å². The number of benzene rings is 1. The van der Waals surface area contributed by atoms with E-state index in [-0.39, 0.29) is 6.10 Å². The van der Waals surface area contributed by atoms with Gasteiger partial charge >= 0.3 is 0 Å². The van der Waals surface area contributed by atoms with Crippen molar-refractivity contribution in [3.63, 3.8) is 0 Å². The Morgan fingerprint density at radius 2 is 1.94 bits per heavy atom. The van der Waals surface area contributed by atoms with Crippen molar-refractivity contribution in [2.75, 3.05) is 12.5 Å². The van der Waals surface area contributed by atoms with Crippen LogP contribution in [0.25, 0.3) is 0 Å². The van der Waals surface area contributed by atoms with Gasteiger partial charge in [0.25, 0.3) is 0 Å². The fourth-order valence-electron chi connectivity index (χ4n) is 2.10. The van der Waals surface area contributed by atoms with E-state index in [1.807, 2.05) is 18.2 Å². The zero-order chi connectivity index (χ0) is 11.5. The number of rotatable bonds is 2. The largest absolute Gasteiger partial charge is 0.373 e. The maximum Gasteiger partial charge on any atom is 0.0893 e. The van der Waals surface area contributed by atoms with Gasteiger partial charge in [-0.05, 0) is 25.0 Å². The predicted octanol–water partition coefficient (Wildman–Crippen LogP) is 4.70. The third-order valence-electron chi connectivity index (χ3n) is 2.93. The van der Waals surface area contributed by atoms with Crippen molar-refractivity contribution in [2.24, 2.45) is 5.92 Å². The molecule has 1 aliphatic heterocycles. The van der Waals surface area contributed by atoms with Crippen LogP contribution in [0.5, 0.6) is 0 Å². The first kappa shape index (κ1) is 12.5. The lowest BCUT2D eigenvalue weighted by molar-refractivity contribution is -0.0206. The number of alkyl halides is 1. The Balaban J connectivity index is 2.34. The molecule has 1 aromatic rings. The van der Waals surface area contributed by atoms with Gasteiger partial charge in [0, 0.05) is 34.0 Å². The fraction of sp³-hybridized carbons (Fsp3) is 0.500. The molecule has 0 radical (unpaired) electrons. The first-order chi connectivity index (χ1) is 7.74. The number of halogens is 3. The summed E-state index contributed by atoms with van der Waals surface area (Å²) in [6.07, 6.45) is 2.05. The van der Waals surface area contributed by atoms with Gasteiger partial charge in [0.05, 0.1) is 6.10 Å². The number of ether oxygens (including phenoxy) is 1. The van der Waals surface area contributed by atoms with Crippen molar-refractivity contribution >= 4 is 34.8 Å². The van der Waals surface area contributed by atoms with Gasteiger partial charge in [0.15, 0.2) is 0 Å². The van der Waals surface area contributed by atoms with Crippen molar-refractivity contribution in [2.45, 2.75) is 18.9 Å². The van der Waals surface area contributed by atoms with Crippen LogP contribution in [0, 0.1) is 5.92 Å². The Morgan fingerprint density at radius 1 is 1.25 bits per heavy atom. The SMILES string of the molecule is ClCC1CCCOC1c1c(Cl)cccc1Cl. The minimum atomic E-state index is -0.0625. The van der Waals surface area contributed by atoms with Gasteiger partial charge in [-0.2, -0.15) is 0 Å². The molecule has 0 saturated carbocycles. The molecule has 1 fully saturated rings. The maximum absolute atomic E-state index is 6.18. The second-order valence-electron chi connectivity index (χ2n) is 3.98. The van der Waals surface area contributed by atoms with Gasteiger partial charge in [-0.25, -0.2) is 0 Å². The summed E-state index contributed by atoms with van der Waals surface area (Å²) in [6, 6.07) is 5.52. The van der Waals surface area contributed by atoms with Crippen LogP contribution in [0.15, 0.2) is 18.2 Å². The van der Waals surface area contributed by atoms with Gasteiger partial charge in [-0.15, -0.1) is 11.6 Å². The van der Waals surface area contributed by atoms with Gasteiger partial charge in [0.1, 0.15) is 0 Å². The Bertz CT molecular complexity index is 347. The van der Waals surface area contributed by atoms with Gasteiger partial charge < -0.3 is 4.74 Å². The predicted molar refractivity (Wildman–Crippen MR) is 68.6 cm³/mol. The van der Waals surface area contributed by atoms with E-state index in [0.29, 0.717) is 21.8 Å². The highest BCUT2D eigenvalue weighted by atomic mass is 35.5. The normalized spacial score (nSPS) is 25.7. The van der Waals surface area contributed by atoms with E-state index >= 15 is 0 Å². The van der Waals surface area contributed by atoms with Crippen LogP contribution in [-0.4, -0.2) is 12.5 Å². The highest BCUT2D eigenvalue weighted by Crippen LogP contribution is 2.40. The summed E-state index contributed by atoms with van der Waals surface area (Å²) in [5.74, 6) is 0.875. The summed E-state index contributed by atoms with van der Waals surface area (Å²) in [4.78, 5) is 0. The number of hydrogen-bond donors (Lipinski definition) is 0.